The minimum absolute atomic E-state index is 0.0132. The van der Waals surface area contributed by atoms with Crippen molar-refractivity contribution >= 4 is 22.3 Å². The van der Waals surface area contributed by atoms with Gasteiger partial charge in [0.15, 0.2) is 11.3 Å². The van der Waals surface area contributed by atoms with Gasteiger partial charge in [0.2, 0.25) is 0 Å². The van der Waals surface area contributed by atoms with Gasteiger partial charge in [-0.3, -0.25) is 0 Å². The van der Waals surface area contributed by atoms with E-state index in [1.54, 1.807) is 17.6 Å². The van der Waals surface area contributed by atoms with Crippen LogP contribution in [0.2, 0.25) is 0 Å². The molecule has 0 aliphatic heterocycles. The van der Waals surface area contributed by atoms with Crippen LogP contribution < -0.4 is 10.5 Å². The zero-order chi connectivity index (χ0) is 13.1. The van der Waals surface area contributed by atoms with E-state index in [9.17, 15) is 0 Å². The van der Waals surface area contributed by atoms with Crippen molar-refractivity contribution < 1.29 is 9.15 Å². The average molecular weight is 273 g/mol. The highest BCUT2D eigenvalue weighted by Crippen LogP contribution is 2.32. The van der Waals surface area contributed by atoms with E-state index in [0.29, 0.717) is 6.54 Å². The molecule has 2 heterocycles. The molecule has 98 valence electrons. The van der Waals surface area contributed by atoms with E-state index in [4.69, 9.17) is 14.9 Å². The number of para-hydroxylation sites is 1. The minimum Gasteiger partial charge on any atom is -0.481 e. The van der Waals surface area contributed by atoms with E-state index >= 15 is 0 Å². The zero-order valence-corrected chi connectivity index (χ0v) is 11.2. The third kappa shape index (κ3) is 2.50. The lowest BCUT2D eigenvalue weighted by molar-refractivity contribution is 0.202. The molecule has 0 saturated carbocycles. The highest BCUT2D eigenvalue weighted by Gasteiger charge is 2.16. The van der Waals surface area contributed by atoms with Crippen LogP contribution in [-0.2, 0) is 0 Å². The number of nitrogens with two attached hydrogens (primary N) is 1. The summed E-state index contributed by atoms with van der Waals surface area (Å²) in [4.78, 5) is 1.19. The zero-order valence-electron chi connectivity index (χ0n) is 10.4. The largest absolute Gasteiger partial charge is 0.481 e. The second-order valence-corrected chi connectivity index (χ2v) is 5.27. The number of benzene rings is 1. The second kappa shape index (κ2) is 5.47. The molecule has 0 aliphatic carbocycles. The third-order valence-electron chi connectivity index (χ3n) is 3.00. The van der Waals surface area contributed by atoms with E-state index in [2.05, 4.69) is 11.4 Å². The summed E-state index contributed by atoms with van der Waals surface area (Å²) >= 11 is 1.69. The molecular weight excluding hydrogens is 258 g/mol. The lowest BCUT2D eigenvalue weighted by Crippen LogP contribution is -2.12. The van der Waals surface area contributed by atoms with E-state index < -0.39 is 0 Å². The summed E-state index contributed by atoms with van der Waals surface area (Å²) in [5.74, 6) is 0.773. The Labute approximate surface area is 115 Å². The van der Waals surface area contributed by atoms with Gasteiger partial charge >= 0.3 is 0 Å². The van der Waals surface area contributed by atoms with E-state index in [-0.39, 0.29) is 6.10 Å². The van der Waals surface area contributed by atoms with Gasteiger partial charge in [-0.25, -0.2) is 0 Å². The Morgan fingerprint density at radius 3 is 2.95 bits per heavy atom. The number of hydrogen-bond acceptors (Lipinski definition) is 4. The number of hydrogen-bond donors (Lipinski definition) is 1. The van der Waals surface area contributed by atoms with Crippen molar-refractivity contribution in [2.45, 2.75) is 12.5 Å². The maximum atomic E-state index is 6.11. The van der Waals surface area contributed by atoms with Crippen LogP contribution in [0.25, 0.3) is 11.0 Å². The SMILES string of the molecule is NCC[C@H](Oc1cccc2ccoc12)c1cccs1. The molecule has 0 aliphatic rings. The Hall–Kier alpha value is -1.78. The number of rotatable bonds is 5. The summed E-state index contributed by atoms with van der Waals surface area (Å²) < 4.78 is 11.6. The van der Waals surface area contributed by atoms with Gasteiger partial charge in [-0.2, -0.15) is 0 Å². The van der Waals surface area contributed by atoms with Crippen LogP contribution in [0, 0.1) is 0 Å². The monoisotopic (exact) mass is 273 g/mol. The molecule has 3 nitrogen and oxygen atoms in total. The van der Waals surface area contributed by atoms with Gasteiger partial charge in [0.1, 0.15) is 6.10 Å². The molecule has 0 bridgehead atoms. The first kappa shape index (κ1) is 12.3. The summed E-state index contributed by atoms with van der Waals surface area (Å²) in [7, 11) is 0. The van der Waals surface area contributed by atoms with E-state index in [1.165, 1.54) is 4.88 Å². The lowest BCUT2D eigenvalue weighted by atomic mass is 10.2. The quantitative estimate of drug-likeness (QED) is 0.765. The van der Waals surface area contributed by atoms with Crippen molar-refractivity contribution in [1.82, 2.24) is 0 Å². The van der Waals surface area contributed by atoms with Gasteiger partial charge in [0.05, 0.1) is 6.26 Å². The molecule has 2 aromatic heterocycles. The second-order valence-electron chi connectivity index (χ2n) is 4.29. The molecule has 0 amide bonds. The maximum Gasteiger partial charge on any atom is 0.175 e. The third-order valence-corrected chi connectivity index (χ3v) is 3.97. The summed E-state index contributed by atoms with van der Waals surface area (Å²) in [6, 6.07) is 12.0. The Morgan fingerprint density at radius 2 is 2.16 bits per heavy atom. The van der Waals surface area contributed by atoms with Crippen LogP contribution in [0.3, 0.4) is 0 Å². The van der Waals surface area contributed by atoms with Gasteiger partial charge in [-0.1, -0.05) is 18.2 Å². The number of thiophene rings is 1. The highest BCUT2D eigenvalue weighted by atomic mass is 32.1. The Balaban J connectivity index is 1.91. The Bertz CT molecular complexity index is 645. The van der Waals surface area contributed by atoms with Crippen molar-refractivity contribution in [3.05, 3.63) is 52.9 Å². The lowest BCUT2D eigenvalue weighted by Gasteiger charge is -2.17. The smallest absolute Gasteiger partial charge is 0.175 e. The van der Waals surface area contributed by atoms with Crippen LogP contribution in [0.15, 0.2) is 52.5 Å². The summed E-state index contributed by atoms with van der Waals surface area (Å²) in [6.07, 6.45) is 2.46. The fraction of sp³-hybridized carbons (Fsp3) is 0.200. The maximum absolute atomic E-state index is 6.11. The molecule has 0 fully saturated rings. The van der Waals surface area contributed by atoms with Gasteiger partial charge in [0, 0.05) is 16.7 Å². The topological polar surface area (TPSA) is 48.4 Å². The van der Waals surface area contributed by atoms with Crippen molar-refractivity contribution in [1.29, 1.82) is 0 Å². The van der Waals surface area contributed by atoms with Crippen molar-refractivity contribution in [3.8, 4) is 5.75 Å². The fourth-order valence-electron chi connectivity index (χ4n) is 2.10. The first-order chi connectivity index (χ1) is 9.38. The first-order valence-corrected chi connectivity index (χ1v) is 7.13. The number of fused-ring (bicyclic) bond motifs is 1. The Morgan fingerprint density at radius 1 is 1.21 bits per heavy atom. The standard InChI is InChI=1S/C15H15NO2S/c16-8-6-12(14-5-2-10-19-14)18-13-4-1-3-11-7-9-17-15(11)13/h1-5,7,9-10,12H,6,8,16H2/t12-/m0/s1. The number of ether oxygens (including phenoxy) is 1. The van der Waals surface area contributed by atoms with Crippen LogP contribution in [0.5, 0.6) is 5.75 Å². The fourth-order valence-corrected chi connectivity index (χ4v) is 2.89. The minimum atomic E-state index is -0.0132. The van der Waals surface area contributed by atoms with Gasteiger partial charge in [-0.15, -0.1) is 11.3 Å². The molecule has 1 atom stereocenters. The van der Waals surface area contributed by atoms with Crippen molar-refractivity contribution in [3.63, 3.8) is 0 Å². The molecule has 19 heavy (non-hydrogen) atoms. The molecule has 1 aromatic carbocycles. The predicted octanol–water partition coefficient (Wildman–Crippen LogP) is 3.96. The van der Waals surface area contributed by atoms with Crippen LogP contribution in [0.4, 0.5) is 0 Å². The predicted molar refractivity (Wildman–Crippen MR) is 77.6 cm³/mol. The summed E-state index contributed by atoms with van der Waals surface area (Å²) in [6.45, 7) is 0.594. The van der Waals surface area contributed by atoms with Crippen LogP contribution in [0.1, 0.15) is 17.4 Å². The summed E-state index contributed by atoms with van der Waals surface area (Å²) in [5.41, 5.74) is 6.48. The van der Waals surface area contributed by atoms with Crippen molar-refractivity contribution in [2.24, 2.45) is 5.73 Å². The van der Waals surface area contributed by atoms with Gasteiger partial charge < -0.3 is 14.9 Å². The van der Waals surface area contributed by atoms with E-state index in [0.717, 1.165) is 23.1 Å². The Kier molecular flexibility index (Phi) is 3.53. The molecule has 2 N–H and O–H groups in total. The van der Waals surface area contributed by atoms with Crippen LogP contribution in [-0.4, -0.2) is 6.54 Å². The molecule has 0 saturated heterocycles. The molecule has 0 unspecified atom stereocenters. The number of furan rings is 1. The first-order valence-electron chi connectivity index (χ1n) is 6.25. The molecule has 0 radical (unpaired) electrons. The average Bonchev–Trinajstić information content (AvgIpc) is 3.10. The molecule has 3 aromatic rings. The molecule has 0 spiro atoms. The van der Waals surface area contributed by atoms with E-state index in [1.807, 2.05) is 30.3 Å². The molecule has 4 heteroatoms. The normalized spacial score (nSPS) is 12.7. The molecule has 3 rings (SSSR count). The highest BCUT2D eigenvalue weighted by molar-refractivity contribution is 7.10. The van der Waals surface area contributed by atoms with Gasteiger partial charge in [0.25, 0.3) is 0 Å². The summed E-state index contributed by atoms with van der Waals surface area (Å²) in [5, 5.41) is 3.10. The van der Waals surface area contributed by atoms with Crippen LogP contribution >= 0.6 is 11.3 Å². The molecular formula is C15H15NO2S. The van der Waals surface area contributed by atoms with Crippen molar-refractivity contribution in [2.75, 3.05) is 6.54 Å². The van der Waals surface area contributed by atoms with Gasteiger partial charge in [-0.05, 0) is 30.1 Å².